The Morgan fingerprint density at radius 3 is 2.38 bits per heavy atom. The van der Waals surface area contributed by atoms with Gasteiger partial charge in [0.2, 0.25) is 5.60 Å². The van der Waals surface area contributed by atoms with E-state index in [2.05, 4.69) is 20.8 Å². The van der Waals surface area contributed by atoms with Gasteiger partial charge in [0.25, 0.3) is 0 Å². The zero-order chi connectivity index (χ0) is 18.2. The first-order valence-electron chi connectivity index (χ1n) is 8.35. The van der Waals surface area contributed by atoms with E-state index in [0.29, 0.717) is 10.6 Å². The summed E-state index contributed by atoms with van der Waals surface area (Å²) in [7, 11) is 0. The van der Waals surface area contributed by atoms with Crippen LogP contribution in [0, 0.1) is 0 Å². The maximum absolute atomic E-state index is 13.5. The van der Waals surface area contributed by atoms with Gasteiger partial charge in [-0.25, -0.2) is 0 Å². The van der Waals surface area contributed by atoms with E-state index in [1.165, 1.54) is 13.0 Å². The van der Waals surface area contributed by atoms with Crippen molar-refractivity contribution in [3.05, 3.63) is 34.4 Å². The lowest BCUT2D eigenvalue weighted by molar-refractivity contribution is -0.230. The fourth-order valence-corrected chi connectivity index (χ4v) is 3.48. The average Bonchev–Trinajstić information content (AvgIpc) is 2.50. The van der Waals surface area contributed by atoms with Gasteiger partial charge in [-0.1, -0.05) is 58.2 Å². The van der Waals surface area contributed by atoms with Crippen LogP contribution in [0.2, 0.25) is 5.02 Å². The molecule has 0 aliphatic carbocycles. The van der Waals surface area contributed by atoms with Crippen LogP contribution < -0.4 is 4.74 Å². The lowest BCUT2D eigenvalue weighted by Crippen LogP contribution is -2.49. The van der Waals surface area contributed by atoms with Gasteiger partial charge < -0.3 is 4.74 Å². The zero-order valence-electron chi connectivity index (χ0n) is 14.6. The van der Waals surface area contributed by atoms with Gasteiger partial charge in [-0.3, -0.25) is 0 Å². The minimum atomic E-state index is -4.46. The molecule has 0 aromatic heterocycles. The van der Waals surface area contributed by atoms with Crippen molar-refractivity contribution in [2.24, 2.45) is 0 Å². The van der Waals surface area contributed by atoms with Crippen molar-refractivity contribution >= 4 is 17.7 Å². The van der Waals surface area contributed by atoms with Crippen molar-refractivity contribution in [1.29, 1.82) is 0 Å². The number of hydrogen-bond acceptors (Lipinski definition) is 1. The maximum Gasteiger partial charge on any atom is 0.432 e. The molecule has 1 aliphatic heterocycles. The van der Waals surface area contributed by atoms with Gasteiger partial charge in [-0.2, -0.15) is 13.2 Å². The van der Waals surface area contributed by atoms with Crippen LogP contribution in [0.25, 0.3) is 6.08 Å². The van der Waals surface area contributed by atoms with Crippen molar-refractivity contribution in [3.8, 4) is 5.75 Å². The Morgan fingerprint density at radius 2 is 1.83 bits per heavy atom. The Hall–Kier alpha value is -1.16. The number of ether oxygens (including phenoxy) is 1. The summed E-state index contributed by atoms with van der Waals surface area (Å²) in [5.41, 5.74) is -1.07. The van der Waals surface area contributed by atoms with Gasteiger partial charge in [0.15, 0.2) is 0 Å². The summed E-state index contributed by atoms with van der Waals surface area (Å²) in [4.78, 5) is 0. The molecule has 0 fully saturated rings. The summed E-state index contributed by atoms with van der Waals surface area (Å²) >= 11 is 6.41. The molecule has 2 rings (SSSR count). The van der Waals surface area contributed by atoms with Crippen LogP contribution in [0.3, 0.4) is 0 Å². The lowest BCUT2D eigenvalue weighted by atomic mass is 9.79. The van der Waals surface area contributed by atoms with E-state index in [0.717, 1.165) is 30.9 Å². The zero-order valence-corrected chi connectivity index (χ0v) is 15.3. The molecule has 0 spiro atoms. The summed E-state index contributed by atoms with van der Waals surface area (Å²) in [5.74, 6) is 0.251. The summed E-state index contributed by atoms with van der Waals surface area (Å²) in [6.07, 6.45) is 0.909. The summed E-state index contributed by atoms with van der Waals surface area (Å²) in [6.45, 7) is 7.71. The number of rotatable bonds is 5. The molecule has 0 saturated carbocycles. The fraction of sp³-hybridized carbons (Fsp3) is 0.579. The number of halogens is 4. The Bertz CT molecular complexity index is 634. The van der Waals surface area contributed by atoms with Gasteiger partial charge in [0.1, 0.15) is 5.75 Å². The number of benzene rings is 1. The predicted octanol–water partition coefficient (Wildman–Crippen LogP) is 6.92. The Labute approximate surface area is 146 Å². The van der Waals surface area contributed by atoms with E-state index in [-0.39, 0.29) is 17.6 Å². The van der Waals surface area contributed by atoms with Crippen LogP contribution >= 0.6 is 11.6 Å². The minimum Gasteiger partial charge on any atom is -0.473 e. The van der Waals surface area contributed by atoms with Crippen LogP contribution in [0.15, 0.2) is 18.2 Å². The molecule has 0 saturated heterocycles. The van der Waals surface area contributed by atoms with Crippen LogP contribution in [0.1, 0.15) is 64.5 Å². The molecule has 0 unspecified atom stereocenters. The monoisotopic (exact) mass is 360 g/mol. The van der Waals surface area contributed by atoms with E-state index >= 15 is 0 Å². The van der Waals surface area contributed by atoms with E-state index < -0.39 is 11.8 Å². The predicted molar refractivity (Wildman–Crippen MR) is 92.7 cm³/mol. The van der Waals surface area contributed by atoms with E-state index in [4.69, 9.17) is 16.3 Å². The molecule has 1 aliphatic rings. The smallest absolute Gasteiger partial charge is 0.432 e. The van der Waals surface area contributed by atoms with Crippen LogP contribution in [0.4, 0.5) is 13.2 Å². The number of fused-ring (bicyclic) bond motifs is 1. The molecule has 1 heterocycles. The second-order valence-corrected chi connectivity index (χ2v) is 7.44. The van der Waals surface area contributed by atoms with Gasteiger partial charge >= 0.3 is 6.18 Å². The first-order chi connectivity index (χ1) is 11.1. The quantitative estimate of drug-likeness (QED) is 0.553. The fourth-order valence-electron chi connectivity index (χ4n) is 3.06. The largest absolute Gasteiger partial charge is 0.473 e. The topological polar surface area (TPSA) is 9.23 Å². The van der Waals surface area contributed by atoms with Crippen LogP contribution in [-0.2, 0) is 5.41 Å². The lowest BCUT2D eigenvalue weighted by Gasteiger charge is -2.36. The first kappa shape index (κ1) is 19.2. The third-order valence-corrected chi connectivity index (χ3v) is 5.13. The summed E-state index contributed by atoms with van der Waals surface area (Å²) < 4.78 is 45.9. The average molecular weight is 361 g/mol. The van der Waals surface area contributed by atoms with Gasteiger partial charge in [0.05, 0.1) is 0 Å². The van der Waals surface area contributed by atoms with E-state index in [1.54, 1.807) is 12.1 Å². The molecule has 1 aromatic rings. The molecule has 0 amide bonds. The third kappa shape index (κ3) is 3.44. The molecule has 24 heavy (non-hydrogen) atoms. The molecule has 0 bridgehead atoms. The molecule has 1 atom stereocenters. The van der Waals surface area contributed by atoms with Crippen molar-refractivity contribution in [1.82, 2.24) is 0 Å². The highest BCUT2D eigenvalue weighted by molar-refractivity contribution is 6.31. The molecule has 5 heteroatoms. The number of unbranched alkanes of at least 4 members (excludes halogenated alkanes) is 1. The normalized spacial score (nSPS) is 20.7. The summed E-state index contributed by atoms with van der Waals surface area (Å²) in [6, 6.07) is 3.39. The summed E-state index contributed by atoms with van der Waals surface area (Å²) in [5, 5.41) is 0.569. The SMILES string of the molecule is CCCCC(C)(C)c1cc2c(cc1Cl)C=C[C@](CC)(C(F)(F)F)O2. The first-order valence-corrected chi connectivity index (χ1v) is 8.73. The standard InChI is InChI=1S/C19H24ClF3O/c1-5-7-9-17(3,4)14-12-16-13(11-15(14)20)8-10-18(6-2,24-16)19(21,22)23/h8,10-12H,5-7,9H2,1-4H3/t18-/m1/s1. The highest BCUT2D eigenvalue weighted by Gasteiger charge is 2.55. The van der Waals surface area contributed by atoms with Crippen LogP contribution in [0.5, 0.6) is 5.75 Å². The van der Waals surface area contributed by atoms with Crippen molar-refractivity contribution in [2.45, 2.75) is 70.6 Å². The Balaban J connectivity index is 2.46. The number of hydrogen-bond donors (Lipinski definition) is 0. The third-order valence-electron chi connectivity index (χ3n) is 4.81. The van der Waals surface area contributed by atoms with Crippen LogP contribution in [-0.4, -0.2) is 11.8 Å². The molecule has 1 aromatic carbocycles. The highest BCUT2D eigenvalue weighted by atomic mass is 35.5. The molecular weight excluding hydrogens is 337 g/mol. The van der Waals surface area contributed by atoms with E-state index in [1.807, 2.05) is 0 Å². The minimum absolute atomic E-state index is 0.177. The molecular formula is C19H24ClF3O. The Morgan fingerprint density at radius 1 is 1.17 bits per heavy atom. The molecule has 0 radical (unpaired) electrons. The van der Waals surface area contributed by atoms with Crippen molar-refractivity contribution in [3.63, 3.8) is 0 Å². The second-order valence-electron chi connectivity index (χ2n) is 7.03. The molecule has 134 valence electrons. The molecule has 1 nitrogen and oxygen atoms in total. The van der Waals surface area contributed by atoms with Crippen molar-refractivity contribution in [2.75, 3.05) is 0 Å². The maximum atomic E-state index is 13.5. The van der Waals surface area contributed by atoms with Gasteiger partial charge in [-0.15, -0.1) is 0 Å². The highest BCUT2D eigenvalue weighted by Crippen LogP contribution is 2.46. The van der Waals surface area contributed by atoms with E-state index in [9.17, 15) is 13.2 Å². The van der Waals surface area contributed by atoms with Crippen molar-refractivity contribution < 1.29 is 17.9 Å². The molecule has 0 N–H and O–H groups in total. The van der Waals surface area contributed by atoms with Gasteiger partial charge in [-0.05, 0) is 42.0 Å². The Kier molecular flexibility index (Phi) is 5.29. The number of alkyl halides is 3. The second kappa shape index (κ2) is 6.62. The van der Waals surface area contributed by atoms with Gasteiger partial charge in [0, 0.05) is 10.6 Å².